The molecule has 2 unspecified atom stereocenters. The van der Waals surface area contributed by atoms with E-state index in [-0.39, 0.29) is 0 Å². The zero-order chi connectivity index (χ0) is 29.9. The van der Waals surface area contributed by atoms with E-state index in [1.54, 1.807) is 0 Å². The molecule has 43 heavy (non-hydrogen) atoms. The summed E-state index contributed by atoms with van der Waals surface area (Å²) in [7, 11) is 2.25. The smallest absolute Gasteiger partial charge is 0.318 e. The number of rotatable bonds is 8. The van der Waals surface area contributed by atoms with Crippen molar-refractivity contribution in [3.63, 3.8) is 0 Å². The van der Waals surface area contributed by atoms with E-state index in [0.29, 0.717) is 36.4 Å². The van der Waals surface area contributed by atoms with Crippen LogP contribution in [0.1, 0.15) is 62.8 Å². The summed E-state index contributed by atoms with van der Waals surface area (Å²) < 4.78 is 6.46. The van der Waals surface area contributed by atoms with Gasteiger partial charge in [-0.1, -0.05) is 79.6 Å². The highest BCUT2D eigenvalue weighted by Crippen LogP contribution is 2.38. The lowest BCUT2D eigenvalue weighted by Gasteiger charge is -2.40. The Morgan fingerprint density at radius 3 is 2.74 bits per heavy atom. The Kier molecular flexibility index (Phi) is 9.39. The molecule has 1 saturated heterocycles. The van der Waals surface area contributed by atoms with Gasteiger partial charge in [-0.15, -0.1) is 0 Å². The molecule has 4 atom stereocenters. The molecule has 2 fully saturated rings. The lowest BCUT2D eigenvalue weighted by molar-refractivity contribution is 0.208. The Labute approximate surface area is 263 Å². The zero-order valence-corrected chi connectivity index (χ0v) is 27.0. The van der Waals surface area contributed by atoms with Crippen molar-refractivity contribution in [2.75, 3.05) is 38.2 Å². The van der Waals surface area contributed by atoms with Crippen LogP contribution in [0.15, 0.2) is 60.7 Å². The van der Waals surface area contributed by atoms with E-state index in [2.05, 4.69) is 73.7 Å². The first-order chi connectivity index (χ1) is 20.9. The molecule has 3 aromatic rings. The van der Waals surface area contributed by atoms with E-state index in [1.165, 1.54) is 46.7 Å². The van der Waals surface area contributed by atoms with Gasteiger partial charge in [-0.3, -0.25) is 4.90 Å². The van der Waals surface area contributed by atoms with Crippen molar-refractivity contribution in [2.24, 2.45) is 17.8 Å². The van der Waals surface area contributed by atoms with Crippen LogP contribution < -0.4 is 9.64 Å². The summed E-state index contributed by atoms with van der Waals surface area (Å²) in [5.74, 6) is 2.56. The van der Waals surface area contributed by atoms with Gasteiger partial charge in [-0.05, 0) is 87.3 Å². The second-order valence-electron chi connectivity index (χ2n) is 13.0. The van der Waals surface area contributed by atoms with Gasteiger partial charge in [0.25, 0.3) is 0 Å². The van der Waals surface area contributed by atoms with E-state index in [4.69, 9.17) is 26.3 Å². The predicted molar refractivity (Wildman–Crippen MR) is 179 cm³/mol. The summed E-state index contributed by atoms with van der Waals surface area (Å²) in [6, 6.07) is 13.8. The number of benzene rings is 2. The average Bonchev–Trinajstić information content (AvgIpc) is 3.39. The molecule has 1 saturated carbocycles. The van der Waals surface area contributed by atoms with E-state index < -0.39 is 0 Å². The third kappa shape index (κ3) is 6.49. The third-order valence-corrected chi connectivity index (χ3v) is 10.6. The molecule has 228 valence electrons. The highest BCUT2D eigenvalue weighted by atomic mass is 35.5. The van der Waals surface area contributed by atoms with Gasteiger partial charge in [0.2, 0.25) is 0 Å². The van der Waals surface area contributed by atoms with Crippen LogP contribution in [-0.2, 0) is 19.3 Å². The van der Waals surface area contributed by atoms with Crippen molar-refractivity contribution in [3.8, 4) is 6.01 Å². The molecule has 0 radical (unpaired) electrons. The molecular formula is C37H47ClN4O. The van der Waals surface area contributed by atoms with Gasteiger partial charge in [0.1, 0.15) is 5.82 Å². The molecule has 0 spiro atoms. The van der Waals surface area contributed by atoms with Gasteiger partial charge >= 0.3 is 6.01 Å². The van der Waals surface area contributed by atoms with Gasteiger partial charge in [-0.2, -0.15) is 9.97 Å². The predicted octanol–water partition coefficient (Wildman–Crippen LogP) is 8.09. The van der Waals surface area contributed by atoms with Crippen LogP contribution in [0.5, 0.6) is 6.01 Å². The first kappa shape index (κ1) is 30.1. The van der Waals surface area contributed by atoms with Crippen LogP contribution in [0.25, 0.3) is 10.8 Å². The fraction of sp³-hybridized carbons (Fsp3) is 0.514. The highest BCUT2D eigenvalue weighted by Gasteiger charge is 2.31. The molecule has 2 heterocycles. The molecule has 6 rings (SSSR count). The lowest BCUT2D eigenvalue weighted by Crippen LogP contribution is -2.51. The van der Waals surface area contributed by atoms with Crippen LogP contribution in [-0.4, -0.2) is 54.2 Å². The van der Waals surface area contributed by atoms with Gasteiger partial charge in [0.05, 0.1) is 12.3 Å². The van der Waals surface area contributed by atoms with Crippen molar-refractivity contribution in [1.29, 1.82) is 0 Å². The minimum absolute atomic E-state index is 0.351. The van der Waals surface area contributed by atoms with Crippen LogP contribution >= 0.6 is 11.6 Å². The van der Waals surface area contributed by atoms with E-state index >= 15 is 0 Å². The molecule has 2 aliphatic carbocycles. The number of likely N-dealkylation sites (N-methyl/N-ethyl adjacent to an activating group) is 1. The molecule has 6 heteroatoms. The summed E-state index contributed by atoms with van der Waals surface area (Å²) in [6.07, 6.45) is 13.1. The van der Waals surface area contributed by atoms with E-state index in [1.807, 2.05) is 12.1 Å². The van der Waals surface area contributed by atoms with Gasteiger partial charge < -0.3 is 9.64 Å². The third-order valence-electron chi connectivity index (χ3n) is 10.3. The van der Waals surface area contributed by atoms with Crippen LogP contribution in [0, 0.1) is 17.8 Å². The number of ether oxygens (including phenoxy) is 1. The van der Waals surface area contributed by atoms with Crippen molar-refractivity contribution in [1.82, 2.24) is 14.9 Å². The quantitative estimate of drug-likeness (QED) is 0.194. The number of halogens is 1. The molecule has 1 aromatic heterocycles. The number of hydrogen-bond acceptors (Lipinski definition) is 5. The first-order valence-corrected chi connectivity index (χ1v) is 16.8. The van der Waals surface area contributed by atoms with Crippen LogP contribution in [0.4, 0.5) is 5.82 Å². The second-order valence-corrected chi connectivity index (χ2v) is 13.4. The fourth-order valence-corrected chi connectivity index (χ4v) is 7.99. The molecule has 3 aliphatic rings. The monoisotopic (exact) mass is 598 g/mol. The van der Waals surface area contributed by atoms with Crippen molar-refractivity contribution in [3.05, 3.63) is 82.5 Å². The van der Waals surface area contributed by atoms with Crippen molar-refractivity contribution < 1.29 is 4.74 Å². The summed E-state index contributed by atoms with van der Waals surface area (Å²) >= 11 is 6.72. The maximum absolute atomic E-state index is 6.72. The van der Waals surface area contributed by atoms with Crippen LogP contribution in [0.3, 0.4) is 0 Å². The van der Waals surface area contributed by atoms with Crippen molar-refractivity contribution in [2.45, 2.75) is 71.3 Å². The van der Waals surface area contributed by atoms with Gasteiger partial charge in [0.15, 0.2) is 0 Å². The standard InChI is InChI=1S/C37H47ClN4O/c1-5-10-26-11-7-15-30(26)24-43-37-39-34-21-25(3)28(22-29-14-8-12-27-13-9-16-33(38)35(27)29)17-18-32(34)36(40-37)42-20-19-41(4)31(6-2)23-42/h5,8-10,12-14,16,26,28,30-31H,3,6-7,11,15,17-24H2,1-2,4H3/b10-5+/t26?,28?,30-,31-/m0/s1. The first-order valence-electron chi connectivity index (χ1n) is 16.4. The average molecular weight is 599 g/mol. The Hall–Kier alpha value is -2.89. The number of allylic oxidation sites excluding steroid dienone is 3. The zero-order valence-electron chi connectivity index (χ0n) is 26.2. The number of anilines is 1. The van der Waals surface area contributed by atoms with Crippen molar-refractivity contribution >= 4 is 28.2 Å². The Morgan fingerprint density at radius 1 is 1.09 bits per heavy atom. The SMILES string of the molecule is C=C1Cc2nc(OC[C@@H]3CCCC3/C=C/C)nc(N3CCN(C)[C@@H](CC)C3)c2CCC1Cc1cccc2cccc(Cl)c12. The number of aromatic nitrogens is 2. The van der Waals surface area contributed by atoms with Crippen LogP contribution in [0.2, 0.25) is 5.02 Å². The Morgan fingerprint density at radius 2 is 1.93 bits per heavy atom. The Balaban J connectivity index is 1.29. The topological polar surface area (TPSA) is 41.5 Å². The molecule has 0 bridgehead atoms. The number of fused-ring (bicyclic) bond motifs is 2. The van der Waals surface area contributed by atoms with E-state index in [0.717, 1.165) is 68.3 Å². The molecule has 5 nitrogen and oxygen atoms in total. The normalized spacial score (nSPS) is 24.9. The Bertz CT molecular complexity index is 1480. The maximum Gasteiger partial charge on any atom is 0.318 e. The summed E-state index contributed by atoms with van der Waals surface area (Å²) in [6.45, 7) is 12.7. The molecule has 1 aliphatic heterocycles. The number of piperazine rings is 1. The minimum atomic E-state index is 0.351. The fourth-order valence-electron chi connectivity index (χ4n) is 7.69. The minimum Gasteiger partial charge on any atom is -0.463 e. The molecule has 0 amide bonds. The summed E-state index contributed by atoms with van der Waals surface area (Å²) in [5.41, 5.74) is 4.94. The lowest BCUT2D eigenvalue weighted by atomic mass is 9.87. The highest BCUT2D eigenvalue weighted by molar-refractivity contribution is 6.35. The second kappa shape index (κ2) is 13.4. The number of nitrogens with zero attached hydrogens (tertiary/aromatic N) is 4. The van der Waals surface area contributed by atoms with Gasteiger partial charge in [-0.25, -0.2) is 0 Å². The van der Waals surface area contributed by atoms with Gasteiger partial charge in [0, 0.05) is 48.1 Å². The molecule has 0 N–H and O–H groups in total. The maximum atomic E-state index is 6.72. The summed E-state index contributed by atoms with van der Waals surface area (Å²) in [4.78, 5) is 15.3. The largest absolute Gasteiger partial charge is 0.463 e. The van der Waals surface area contributed by atoms with E-state index in [9.17, 15) is 0 Å². The molecule has 2 aromatic carbocycles. The number of hydrogen-bond donors (Lipinski definition) is 0. The summed E-state index contributed by atoms with van der Waals surface area (Å²) in [5, 5.41) is 3.19. The molecular weight excluding hydrogens is 552 g/mol.